The number of nitrogens with one attached hydrogen (secondary N) is 1. The number of H-pyrrole nitrogens is 1. The number of fused-ring (bicyclic) bond motifs is 1. The van der Waals surface area contributed by atoms with Crippen LogP contribution in [0.4, 0.5) is 0 Å². The molecule has 2 fully saturated rings. The van der Waals surface area contributed by atoms with Crippen molar-refractivity contribution >= 4 is 10.9 Å². The molecule has 1 unspecified atom stereocenters. The molecule has 1 aromatic carbocycles. The first-order valence-electron chi connectivity index (χ1n) is 11.3. The summed E-state index contributed by atoms with van der Waals surface area (Å²) in [6.07, 6.45) is 4.86. The highest BCUT2D eigenvalue weighted by Gasteiger charge is 2.40. The molecule has 1 saturated carbocycles. The van der Waals surface area contributed by atoms with E-state index >= 15 is 0 Å². The number of ether oxygens (including phenoxy) is 1. The second-order valence-electron chi connectivity index (χ2n) is 10.1. The number of aliphatic hydroxyl groups excluding tert-OH is 1. The number of benzene rings is 1. The summed E-state index contributed by atoms with van der Waals surface area (Å²) in [5.74, 6) is 0.807. The van der Waals surface area contributed by atoms with Crippen LogP contribution in [-0.2, 0) is 7.05 Å². The van der Waals surface area contributed by atoms with Crippen molar-refractivity contribution < 1.29 is 14.5 Å². The van der Waals surface area contributed by atoms with Crippen molar-refractivity contribution in [2.45, 2.75) is 58.2 Å². The first-order valence-corrected chi connectivity index (χ1v) is 11.3. The Morgan fingerprint density at radius 1 is 1.22 bits per heavy atom. The second kappa shape index (κ2) is 7.30. The minimum absolute atomic E-state index is 0.0688. The lowest BCUT2D eigenvalue weighted by Crippen LogP contribution is -2.69. The number of aromatic nitrogens is 5. The molecular weight excluding hydrogens is 408 g/mol. The zero-order chi connectivity index (χ0) is 22.7. The molecule has 1 saturated heterocycles. The summed E-state index contributed by atoms with van der Waals surface area (Å²) in [4.78, 5) is 12.9. The number of hydrogen-bond acceptors (Lipinski definition) is 6. The number of rotatable bonds is 4. The fraction of sp³-hybridized carbons (Fsp3) is 0.565. The SMILES string of the molecule is Cn1nc(-c2n[nH]c3ccc(OC4(C)CC4)cc23)c[n+](N2CCC(O)C(C)(C)CC2)c1=O. The summed E-state index contributed by atoms with van der Waals surface area (Å²) in [6, 6.07) is 5.90. The van der Waals surface area contributed by atoms with Crippen molar-refractivity contribution in [3.8, 4) is 17.1 Å². The molecule has 9 heteroatoms. The Morgan fingerprint density at radius 3 is 2.75 bits per heavy atom. The maximum absolute atomic E-state index is 12.9. The van der Waals surface area contributed by atoms with Gasteiger partial charge in [-0.2, -0.15) is 9.89 Å². The van der Waals surface area contributed by atoms with Crippen LogP contribution in [0.2, 0.25) is 0 Å². The van der Waals surface area contributed by atoms with E-state index in [-0.39, 0.29) is 16.7 Å². The largest absolute Gasteiger partial charge is 0.542 e. The molecule has 0 bridgehead atoms. The standard InChI is InChI=1S/C23H31N6O3/c1-22(2)10-12-28(11-7-19(22)30)29-14-18(26-27(4)21(29)31)20-16-13-15(32-23(3)8-9-23)5-6-17(16)24-25-20/h5-6,13-14,19,30H,7-12H2,1-4H3,(H,24,25)/q+1. The minimum atomic E-state index is -0.403. The van der Waals surface area contributed by atoms with Crippen LogP contribution in [0.1, 0.15) is 46.5 Å². The summed E-state index contributed by atoms with van der Waals surface area (Å²) in [7, 11) is 1.65. The van der Waals surface area contributed by atoms with Gasteiger partial charge in [0, 0.05) is 5.39 Å². The van der Waals surface area contributed by atoms with Gasteiger partial charge in [0.25, 0.3) is 0 Å². The van der Waals surface area contributed by atoms with Crippen molar-refractivity contribution in [3.63, 3.8) is 0 Å². The molecule has 9 nitrogen and oxygen atoms in total. The average Bonchev–Trinajstić information content (AvgIpc) is 3.35. The van der Waals surface area contributed by atoms with E-state index in [1.54, 1.807) is 17.9 Å². The monoisotopic (exact) mass is 439 g/mol. The fourth-order valence-electron chi connectivity index (χ4n) is 4.25. The highest BCUT2D eigenvalue weighted by atomic mass is 16.5. The third-order valence-corrected chi connectivity index (χ3v) is 6.95. The lowest BCUT2D eigenvalue weighted by Gasteiger charge is -2.27. The van der Waals surface area contributed by atoms with E-state index in [0.29, 0.717) is 30.9 Å². The number of hydrogen-bond donors (Lipinski definition) is 2. The number of aromatic amines is 1. The first kappa shape index (κ1) is 20.9. The summed E-state index contributed by atoms with van der Waals surface area (Å²) < 4.78 is 9.09. The Balaban J connectivity index is 1.53. The lowest BCUT2D eigenvalue weighted by molar-refractivity contribution is -0.712. The maximum atomic E-state index is 12.9. The smallest absolute Gasteiger partial charge is 0.488 e. The molecule has 0 amide bonds. The van der Waals surface area contributed by atoms with Gasteiger partial charge in [0.2, 0.25) is 0 Å². The molecule has 32 heavy (non-hydrogen) atoms. The molecule has 3 aromatic rings. The molecule has 0 spiro atoms. The summed E-state index contributed by atoms with van der Waals surface area (Å²) in [5, 5.41) is 25.4. The van der Waals surface area contributed by atoms with Crippen molar-refractivity contribution in [3.05, 3.63) is 34.9 Å². The van der Waals surface area contributed by atoms with Crippen molar-refractivity contribution in [1.82, 2.24) is 20.0 Å². The second-order valence-corrected chi connectivity index (χ2v) is 10.1. The quantitative estimate of drug-likeness (QED) is 0.600. The molecule has 1 aliphatic carbocycles. The van der Waals surface area contributed by atoms with Crippen LogP contribution >= 0.6 is 0 Å². The van der Waals surface area contributed by atoms with Crippen LogP contribution in [0.25, 0.3) is 22.3 Å². The van der Waals surface area contributed by atoms with Gasteiger partial charge in [-0.1, -0.05) is 28.3 Å². The van der Waals surface area contributed by atoms with Gasteiger partial charge < -0.3 is 9.84 Å². The molecule has 1 aliphatic heterocycles. The Labute approximate surface area is 186 Å². The van der Waals surface area contributed by atoms with Gasteiger partial charge in [-0.05, 0) is 56.2 Å². The molecule has 2 aromatic heterocycles. The molecule has 1 atom stereocenters. The minimum Gasteiger partial charge on any atom is -0.488 e. The summed E-state index contributed by atoms with van der Waals surface area (Å²) in [5.41, 5.74) is 1.66. The number of aryl methyl sites for hydroxylation is 1. The Hall–Kier alpha value is -2.94. The highest BCUT2D eigenvalue weighted by molar-refractivity contribution is 5.92. The van der Waals surface area contributed by atoms with Crippen LogP contribution in [-0.4, -0.2) is 49.9 Å². The molecule has 170 valence electrons. The van der Waals surface area contributed by atoms with E-state index in [1.807, 2.05) is 23.2 Å². The predicted molar refractivity (Wildman–Crippen MR) is 120 cm³/mol. The van der Waals surface area contributed by atoms with Gasteiger partial charge >= 0.3 is 5.69 Å². The van der Waals surface area contributed by atoms with Crippen molar-refractivity contribution in [1.29, 1.82) is 0 Å². The van der Waals surface area contributed by atoms with Gasteiger partial charge in [-0.3, -0.25) is 5.10 Å². The van der Waals surface area contributed by atoms with E-state index in [1.165, 1.54) is 4.68 Å². The average molecular weight is 440 g/mol. The third kappa shape index (κ3) is 3.74. The molecule has 3 heterocycles. The molecular formula is C23H31N6O3+. The van der Waals surface area contributed by atoms with Crippen LogP contribution in [0.3, 0.4) is 0 Å². The maximum Gasteiger partial charge on any atom is 0.542 e. The fourth-order valence-corrected chi connectivity index (χ4v) is 4.25. The van der Waals surface area contributed by atoms with Crippen LogP contribution in [0, 0.1) is 5.41 Å². The number of aliphatic hydroxyl groups is 1. The summed E-state index contributed by atoms with van der Waals surface area (Å²) in [6.45, 7) is 7.51. The number of nitrogens with zero attached hydrogens (tertiary/aromatic N) is 5. The van der Waals surface area contributed by atoms with Crippen molar-refractivity contribution in [2.75, 3.05) is 18.1 Å². The molecule has 2 aliphatic rings. The normalized spacial score (nSPS) is 22.0. The van der Waals surface area contributed by atoms with Gasteiger partial charge in [0.15, 0.2) is 11.9 Å². The molecule has 0 radical (unpaired) electrons. The van der Waals surface area contributed by atoms with Crippen LogP contribution in [0.5, 0.6) is 5.75 Å². The Bertz CT molecular complexity index is 1230. The molecule has 5 rings (SSSR count). The highest BCUT2D eigenvalue weighted by Crippen LogP contribution is 2.40. The van der Waals surface area contributed by atoms with Gasteiger partial charge in [-0.15, -0.1) is 0 Å². The zero-order valence-electron chi connectivity index (χ0n) is 19.1. The van der Waals surface area contributed by atoms with E-state index in [9.17, 15) is 9.90 Å². The topological polar surface area (TPSA) is 100 Å². The Kier molecular flexibility index (Phi) is 4.77. The summed E-state index contributed by atoms with van der Waals surface area (Å²) >= 11 is 0. The van der Waals surface area contributed by atoms with E-state index in [4.69, 9.17) is 4.74 Å². The van der Waals surface area contributed by atoms with E-state index in [0.717, 1.165) is 35.9 Å². The predicted octanol–water partition coefficient (Wildman–Crippen LogP) is 1.66. The van der Waals surface area contributed by atoms with Crippen LogP contribution < -0.4 is 20.1 Å². The molecule has 2 N–H and O–H groups in total. The van der Waals surface area contributed by atoms with E-state index < -0.39 is 6.10 Å². The Morgan fingerprint density at radius 2 is 2.00 bits per heavy atom. The van der Waals surface area contributed by atoms with Crippen LogP contribution in [0.15, 0.2) is 29.2 Å². The van der Waals surface area contributed by atoms with Gasteiger partial charge in [-0.25, -0.2) is 5.01 Å². The zero-order valence-corrected chi connectivity index (χ0v) is 19.1. The first-order chi connectivity index (χ1) is 15.2. The van der Waals surface area contributed by atoms with Gasteiger partial charge in [0.1, 0.15) is 24.1 Å². The van der Waals surface area contributed by atoms with Gasteiger partial charge in [0.05, 0.1) is 24.7 Å². The third-order valence-electron chi connectivity index (χ3n) is 6.95. The lowest BCUT2D eigenvalue weighted by atomic mass is 9.83. The van der Waals surface area contributed by atoms with E-state index in [2.05, 4.69) is 36.1 Å². The van der Waals surface area contributed by atoms with Crippen molar-refractivity contribution in [2.24, 2.45) is 12.5 Å².